The second kappa shape index (κ2) is 12.2. The average Bonchev–Trinajstić information content (AvgIpc) is 2.86. The molecule has 1 aromatic heterocycles. The van der Waals surface area contributed by atoms with Gasteiger partial charge in [-0.15, -0.1) is 12.4 Å². The van der Waals surface area contributed by atoms with Crippen molar-refractivity contribution in [3.63, 3.8) is 0 Å². The number of pyridine rings is 1. The number of nitrogens with zero attached hydrogens (tertiary/aromatic N) is 3. The fraction of sp³-hybridized carbons (Fsp3) is 0.500. The largest absolute Gasteiger partial charge is 0.492 e. The van der Waals surface area contributed by atoms with Gasteiger partial charge >= 0.3 is 0 Å². The third kappa shape index (κ3) is 6.75. The van der Waals surface area contributed by atoms with Crippen molar-refractivity contribution in [1.29, 1.82) is 0 Å². The van der Waals surface area contributed by atoms with Crippen molar-refractivity contribution < 1.29 is 4.74 Å². The zero-order valence-electron chi connectivity index (χ0n) is 21.3. The number of aryl methyl sites for hydroxylation is 1. The summed E-state index contributed by atoms with van der Waals surface area (Å²) in [6, 6.07) is 19.8. The van der Waals surface area contributed by atoms with E-state index < -0.39 is 0 Å². The second-order valence-corrected chi connectivity index (χ2v) is 10.4. The normalized spacial score (nSPS) is 18.5. The molecule has 0 saturated carbocycles. The van der Waals surface area contributed by atoms with Crippen LogP contribution in [0.3, 0.4) is 0 Å². The molecule has 0 unspecified atom stereocenters. The molecule has 0 bridgehead atoms. The number of likely N-dealkylation sites (tertiary alicyclic amines) is 2. The lowest BCUT2D eigenvalue weighted by Gasteiger charge is -2.32. The zero-order valence-corrected chi connectivity index (χ0v) is 22.1. The molecule has 5 heteroatoms. The summed E-state index contributed by atoms with van der Waals surface area (Å²) in [6.07, 6.45) is 6.41. The van der Waals surface area contributed by atoms with Crippen molar-refractivity contribution in [2.45, 2.75) is 44.9 Å². The van der Waals surface area contributed by atoms with Gasteiger partial charge in [-0.2, -0.15) is 0 Å². The van der Waals surface area contributed by atoms with Crippen molar-refractivity contribution >= 4 is 23.3 Å². The topological polar surface area (TPSA) is 28.6 Å². The van der Waals surface area contributed by atoms with Gasteiger partial charge in [-0.3, -0.25) is 9.88 Å². The van der Waals surface area contributed by atoms with Crippen LogP contribution in [0, 0.1) is 12.8 Å². The summed E-state index contributed by atoms with van der Waals surface area (Å²) in [4.78, 5) is 9.65. The Balaban J connectivity index is 0.00000289. The Bertz CT molecular complexity index is 1090. The first kappa shape index (κ1) is 25.9. The maximum atomic E-state index is 6.18. The minimum absolute atomic E-state index is 0. The summed E-state index contributed by atoms with van der Waals surface area (Å²) < 4.78 is 6.18. The van der Waals surface area contributed by atoms with Crippen LogP contribution >= 0.6 is 12.4 Å². The molecule has 5 rings (SSSR count). The molecule has 0 amide bonds. The van der Waals surface area contributed by atoms with Gasteiger partial charge in [0, 0.05) is 17.6 Å². The van der Waals surface area contributed by atoms with Gasteiger partial charge in [0.25, 0.3) is 0 Å². The van der Waals surface area contributed by atoms with Gasteiger partial charge in [0.1, 0.15) is 12.4 Å². The SMILES string of the molecule is Cc1ccc2c(OCCN3CCC(Cc4cccc(C5CCN(C)CC5)c4)CC3)cccc2n1.Cl. The number of piperidine rings is 2. The molecule has 3 aromatic rings. The second-order valence-electron chi connectivity index (χ2n) is 10.4. The molecule has 0 spiro atoms. The Labute approximate surface area is 217 Å². The van der Waals surface area contributed by atoms with E-state index >= 15 is 0 Å². The first-order valence-corrected chi connectivity index (χ1v) is 13.1. The third-order valence-corrected chi connectivity index (χ3v) is 7.87. The number of halogens is 1. The van der Waals surface area contributed by atoms with E-state index in [1.54, 1.807) is 5.56 Å². The molecular weight excluding hydrogens is 454 g/mol. The molecule has 4 nitrogen and oxygen atoms in total. The number of ether oxygens (including phenoxy) is 1. The van der Waals surface area contributed by atoms with Crippen LogP contribution in [0.4, 0.5) is 0 Å². The number of rotatable bonds is 7. The van der Waals surface area contributed by atoms with Crippen LogP contribution in [0.5, 0.6) is 5.75 Å². The van der Waals surface area contributed by atoms with Gasteiger partial charge in [-0.25, -0.2) is 0 Å². The Morgan fingerprint density at radius 1 is 0.914 bits per heavy atom. The van der Waals surface area contributed by atoms with Crippen molar-refractivity contribution in [3.05, 3.63) is 71.4 Å². The highest BCUT2D eigenvalue weighted by Crippen LogP contribution is 2.30. The Hall–Kier alpha value is -2.14. The molecule has 2 aliphatic rings. The van der Waals surface area contributed by atoms with Crippen LogP contribution in [-0.4, -0.2) is 61.2 Å². The van der Waals surface area contributed by atoms with E-state index in [2.05, 4.69) is 70.4 Å². The maximum absolute atomic E-state index is 6.18. The van der Waals surface area contributed by atoms with Crippen LogP contribution in [0.1, 0.15) is 48.4 Å². The molecule has 2 aliphatic heterocycles. The number of fused-ring (bicyclic) bond motifs is 1. The van der Waals surface area contributed by atoms with Crippen LogP contribution in [0.15, 0.2) is 54.6 Å². The van der Waals surface area contributed by atoms with Gasteiger partial charge in [-0.1, -0.05) is 30.3 Å². The lowest BCUT2D eigenvalue weighted by Crippen LogP contribution is -2.37. The Kier molecular flexibility index (Phi) is 9.04. The molecule has 2 saturated heterocycles. The lowest BCUT2D eigenvalue weighted by atomic mass is 9.86. The monoisotopic (exact) mass is 493 g/mol. The van der Waals surface area contributed by atoms with E-state index in [1.807, 2.05) is 13.0 Å². The minimum Gasteiger partial charge on any atom is -0.492 e. The standard InChI is InChI=1S/C30H39N3O.ClH/c1-23-9-10-28-29(31-23)7-4-8-30(28)34-20-19-33-17-11-24(12-18-33)21-25-5-3-6-27(22-25)26-13-15-32(2)16-14-26;/h3-10,22,24,26H,11-21H2,1-2H3;1H. The van der Waals surface area contributed by atoms with Crippen LogP contribution in [0.25, 0.3) is 10.9 Å². The summed E-state index contributed by atoms with van der Waals surface area (Å²) in [5.41, 5.74) is 5.16. The Morgan fingerprint density at radius 2 is 1.69 bits per heavy atom. The van der Waals surface area contributed by atoms with E-state index in [9.17, 15) is 0 Å². The highest BCUT2D eigenvalue weighted by atomic mass is 35.5. The quantitative estimate of drug-likeness (QED) is 0.397. The third-order valence-electron chi connectivity index (χ3n) is 7.87. The number of hydrogen-bond acceptors (Lipinski definition) is 4. The molecule has 3 heterocycles. The first-order valence-electron chi connectivity index (χ1n) is 13.1. The van der Waals surface area contributed by atoms with E-state index in [0.717, 1.165) is 47.3 Å². The molecule has 35 heavy (non-hydrogen) atoms. The van der Waals surface area contributed by atoms with Crippen LogP contribution < -0.4 is 4.74 Å². The van der Waals surface area contributed by atoms with E-state index in [0.29, 0.717) is 0 Å². The molecule has 0 atom stereocenters. The Morgan fingerprint density at radius 3 is 2.49 bits per heavy atom. The number of aromatic nitrogens is 1. The van der Waals surface area contributed by atoms with Gasteiger partial charge in [0.05, 0.1) is 5.52 Å². The lowest BCUT2D eigenvalue weighted by molar-refractivity contribution is 0.155. The summed E-state index contributed by atoms with van der Waals surface area (Å²) in [7, 11) is 2.24. The fourth-order valence-electron chi connectivity index (χ4n) is 5.70. The molecule has 0 N–H and O–H groups in total. The zero-order chi connectivity index (χ0) is 23.3. The fourth-order valence-corrected chi connectivity index (χ4v) is 5.70. The highest BCUT2D eigenvalue weighted by molar-refractivity contribution is 5.85. The van der Waals surface area contributed by atoms with Gasteiger partial charge in [-0.05, 0) is 119 Å². The summed E-state index contributed by atoms with van der Waals surface area (Å²) >= 11 is 0. The smallest absolute Gasteiger partial charge is 0.128 e. The molecule has 0 aliphatic carbocycles. The molecule has 2 aromatic carbocycles. The van der Waals surface area contributed by atoms with Crippen LogP contribution in [0.2, 0.25) is 0 Å². The van der Waals surface area contributed by atoms with Gasteiger partial charge in [0.2, 0.25) is 0 Å². The number of hydrogen-bond donors (Lipinski definition) is 0. The maximum Gasteiger partial charge on any atom is 0.128 e. The predicted molar refractivity (Wildman–Crippen MR) is 148 cm³/mol. The van der Waals surface area contributed by atoms with Crippen molar-refractivity contribution in [3.8, 4) is 5.75 Å². The van der Waals surface area contributed by atoms with Gasteiger partial charge < -0.3 is 9.64 Å². The molecule has 188 valence electrons. The van der Waals surface area contributed by atoms with Crippen molar-refractivity contribution in [2.24, 2.45) is 5.92 Å². The molecular formula is C30H40ClN3O. The van der Waals surface area contributed by atoms with E-state index in [4.69, 9.17) is 4.74 Å². The van der Waals surface area contributed by atoms with E-state index in [1.165, 1.54) is 63.8 Å². The van der Waals surface area contributed by atoms with Crippen molar-refractivity contribution in [1.82, 2.24) is 14.8 Å². The first-order chi connectivity index (χ1) is 16.6. The summed E-state index contributed by atoms with van der Waals surface area (Å²) in [5, 5.41) is 1.11. The predicted octanol–water partition coefficient (Wildman–Crippen LogP) is 6.11. The van der Waals surface area contributed by atoms with Gasteiger partial charge in [0.15, 0.2) is 0 Å². The average molecular weight is 494 g/mol. The van der Waals surface area contributed by atoms with E-state index in [-0.39, 0.29) is 12.4 Å². The minimum atomic E-state index is 0. The van der Waals surface area contributed by atoms with Crippen LogP contribution in [-0.2, 0) is 6.42 Å². The number of benzene rings is 2. The highest BCUT2D eigenvalue weighted by Gasteiger charge is 2.21. The summed E-state index contributed by atoms with van der Waals surface area (Å²) in [6.45, 7) is 8.58. The molecule has 0 radical (unpaired) electrons. The van der Waals surface area contributed by atoms with Crippen molar-refractivity contribution in [2.75, 3.05) is 46.4 Å². The summed E-state index contributed by atoms with van der Waals surface area (Å²) in [5.74, 6) is 2.50. The molecule has 2 fully saturated rings.